The van der Waals surface area contributed by atoms with Crippen LogP contribution in [0.25, 0.3) is 0 Å². The molecule has 0 aliphatic carbocycles. The number of nitrogens with one attached hydrogen (secondary N) is 2. The maximum atomic E-state index is 13.5. The molecule has 2 aromatic rings. The normalized spacial score (nSPS) is 10.4. The molecule has 0 heterocycles. The van der Waals surface area contributed by atoms with Crippen molar-refractivity contribution >= 4 is 17.3 Å². The second kappa shape index (κ2) is 7.67. The lowest BCUT2D eigenvalue weighted by Crippen LogP contribution is -2.17. The van der Waals surface area contributed by atoms with Crippen molar-refractivity contribution in [3.05, 3.63) is 59.4 Å². The van der Waals surface area contributed by atoms with Crippen LogP contribution in [0.1, 0.15) is 18.9 Å². The molecular formula is C17H17F3N2O. The summed E-state index contributed by atoms with van der Waals surface area (Å²) >= 11 is 0. The van der Waals surface area contributed by atoms with Crippen LogP contribution in [-0.2, 0) is 11.2 Å². The van der Waals surface area contributed by atoms with E-state index in [1.807, 2.05) is 31.2 Å². The first kappa shape index (κ1) is 16.9. The summed E-state index contributed by atoms with van der Waals surface area (Å²) in [6, 6.07) is 9.47. The van der Waals surface area contributed by atoms with E-state index < -0.39 is 23.4 Å². The zero-order valence-corrected chi connectivity index (χ0v) is 12.6. The highest BCUT2D eigenvalue weighted by Crippen LogP contribution is 2.20. The SMILES string of the molecule is CCc1ccccc1NCCC(=O)Nc1ccc(F)c(F)c1F. The summed E-state index contributed by atoms with van der Waals surface area (Å²) in [4.78, 5) is 11.8. The number of hydrogen-bond acceptors (Lipinski definition) is 2. The highest BCUT2D eigenvalue weighted by molar-refractivity contribution is 5.91. The fraction of sp³-hybridized carbons (Fsp3) is 0.235. The molecule has 122 valence electrons. The minimum Gasteiger partial charge on any atom is -0.384 e. The summed E-state index contributed by atoms with van der Waals surface area (Å²) in [5.41, 5.74) is 1.68. The minimum atomic E-state index is -1.60. The van der Waals surface area contributed by atoms with Crippen molar-refractivity contribution in [1.82, 2.24) is 0 Å². The smallest absolute Gasteiger partial charge is 0.226 e. The molecule has 2 N–H and O–H groups in total. The van der Waals surface area contributed by atoms with Gasteiger partial charge in [0, 0.05) is 18.7 Å². The van der Waals surface area contributed by atoms with Crippen molar-refractivity contribution < 1.29 is 18.0 Å². The van der Waals surface area contributed by atoms with E-state index in [-0.39, 0.29) is 12.1 Å². The summed E-state index contributed by atoms with van der Waals surface area (Å²) in [5.74, 6) is -4.78. The number of halogens is 3. The first-order valence-electron chi connectivity index (χ1n) is 7.28. The van der Waals surface area contributed by atoms with Crippen LogP contribution in [0.5, 0.6) is 0 Å². The topological polar surface area (TPSA) is 41.1 Å². The molecule has 2 rings (SSSR count). The Morgan fingerprint density at radius 2 is 1.74 bits per heavy atom. The maximum Gasteiger partial charge on any atom is 0.226 e. The van der Waals surface area contributed by atoms with Gasteiger partial charge in [-0.15, -0.1) is 0 Å². The van der Waals surface area contributed by atoms with Crippen LogP contribution >= 0.6 is 0 Å². The molecule has 3 nitrogen and oxygen atoms in total. The molecule has 6 heteroatoms. The average Bonchev–Trinajstić information content (AvgIpc) is 2.56. The molecule has 23 heavy (non-hydrogen) atoms. The largest absolute Gasteiger partial charge is 0.384 e. The first-order chi connectivity index (χ1) is 11.0. The average molecular weight is 322 g/mol. The van der Waals surface area contributed by atoms with Gasteiger partial charge < -0.3 is 10.6 Å². The van der Waals surface area contributed by atoms with E-state index in [0.717, 1.165) is 29.8 Å². The number of anilines is 2. The van der Waals surface area contributed by atoms with Gasteiger partial charge in [0.25, 0.3) is 0 Å². The van der Waals surface area contributed by atoms with Crippen LogP contribution in [0.15, 0.2) is 36.4 Å². The summed E-state index contributed by atoms with van der Waals surface area (Å²) in [7, 11) is 0. The zero-order valence-electron chi connectivity index (χ0n) is 12.6. The number of hydrogen-bond donors (Lipinski definition) is 2. The lowest BCUT2D eigenvalue weighted by molar-refractivity contribution is -0.116. The summed E-state index contributed by atoms with van der Waals surface area (Å²) < 4.78 is 39.4. The Kier molecular flexibility index (Phi) is 5.62. The fourth-order valence-corrected chi connectivity index (χ4v) is 2.15. The number of benzene rings is 2. The molecular weight excluding hydrogens is 305 g/mol. The molecule has 0 bridgehead atoms. The minimum absolute atomic E-state index is 0.0660. The van der Waals surface area contributed by atoms with Crippen molar-refractivity contribution in [2.24, 2.45) is 0 Å². The second-order valence-electron chi connectivity index (χ2n) is 4.96. The van der Waals surface area contributed by atoms with Gasteiger partial charge in [-0.1, -0.05) is 25.1 Å². The van der Waals surface area contributed by atoms with Crippen LogP contribution in [0.3, 0.4) is 0 Å². The number of rotatable bonds is 6. The molecule has 0 unspecified atom stereocenters. The van der Waals surface area contributed by atoms with Gasteiger partial charge in [-0.05, 0) is 30.2 Å². The summed E-state index contributed by atoms with van der Waals surface area (Å²) in [6.07, 6.45) is 0.923. The van der Waals surface area contributed by atoms with E-state index in [0.29, 0.717) is 6.54 Å². The van der Waals surface area contributed by atoms with Crippen molar-refractivity contribution in [1.29, 1.82) is 0 Å². The highest BCUT2D eigenvalue weighted by atomic mass is 19.2. The predicted molar refractivity (Wildman–Crippen MR) is 83.9 cm³/mol. The molecule has 0 fully saturated rings. The highest BCUT2D eigenvalue weighted by Gasteiger charge is 2.15. The number of carbonyl (C=O) groups is 1. The van der Waals surface area contributed by atoms with E-state index >= 15 is 0 Å². The molecule has 0 atom stereocenters. The zero-order chi connectivity index (χ0) is 16.8. The second-order valence-corrected chi connectivity index (χ2v) is 4.96. The van der Waals surface area contributed by atoms with Crippen LogP contribution in [0.4, 0.5) is 24.5 Å². The molecule has 0 spiro atoms. The Morgan fingerprint density at radius 1 is 1.00 bits per heavy atom. The van der Waals surface area contributed by atoms with Crippen molar-refractivity contribution in [3.8, 4) is 0 Å². The summed E-state index contributed by atoms with van der Waals surface area (Å²) in [6.45, 7) is 2.37. The first-order valence-corrected chi connectivity index (χ1v) is 7.28. The van der Waals surface area contributed by atoms with Gasteiger partial charge in [-0.3, -0.25) is 4.79 Å². The Morgan fingerprint density at radius 3 is 2.48 bits per heavy atom. The van der Waals surface area contributed by atoms with Gasteiger partial charge in [-0.2, -0.15) is 0 Å². The third-order valence-corrected chi connectivity index (χ3v) is 3.38. The molecule has 2 aromatic carbocycles. The van der Waals surface area contributed by atoms with Crippen molar-refractivity contribution in [2.45, 2.75) is 19.8 Å². The van der Waals surface area contributed by atoms with E-state index in [4.69, 9.17) is 0 Å². The van der Waals surface area contributed by atoms with Gasteiger partial charge in [0.15, 0.2) is 17.5 Å². The third kappa shape index (κ3) is 4.25. The van der Waals surface area contributed by atoms with Crippen molar-refractivity contribution in [2.75, 3.05) is 17.2 Å². The van der Waals surface area contributed by atoms with Crippen LogP contribution in [0, 0.1) is 17.5 Å². The Balaban J connectivity index is 1.90. The Labute approximate surface area is 132 Å². The number of carbonyl (C=O) groups excluding carboxylic acids is 1. The molecule has 0 aliphatic heterocycles. The fourth-order valence-electron chi connectivity index (χ4n) is 2.15. The Hall–Kier alpha value is -2.50. The molecule has 1 amide bonds. The van der Waals surface area contributed by atoms with Gasteiger partial charge in [0.05, 0.1) is 5.69 Å². The Bertz CT molecular complexity index is 704. The van der Waals surface area contributed by atoms with Gasteiger partial charge in [0.1, 0.15) is 0 Å². The lowest BCUT2D eigenvalue weighted by Gasteiger charge is -2.11. The van der Waals surface area contributed by atoms with Gasteiger partial charge in [-0.25, -0.2) is 13.2 Å². The molecule has 0 aliphatic rings. The summed E-state index contributed by atoms with van der Waals surface area (Å²) in [5, 5.41) is 5.36. The van der Waals surface area contributed by atoms with E-state index in [2.05, 4.69) is 10.6 Å². The van der Waals surface area contributed by atoms with Crippen LogP contribution in [-0.4, -0.2) is 12.5 Å². The van der Waals surface area contributed by atoms with Gasteiger partial charge in [0.2, 0.25) is 5.91 Å². The van der Waals surface area contributed by atoms with Gasteiger partial charge >= 0.3 is 0 Å². The number of aryl methyl sites for hydroxylation is 1. The maximum absolute atomic E-state index is 13.5. The quantitative estimate of drug-likeness (QED) is 0.786. The van der Waals surface area contributed by atoms with E-state index in [9.17, 15) is 18.0 Å². The lowest BCUT2D eigenvalue weighted by atomic mass is 10.1. The monoisotopic (exact) mass is 322 g/mol. The standard InChI is InChI=1S/C17H17F3N2O/c1-2-11-5-3-4-6-13(11)21-10-9-15(23)22-14-8-7-12(18)16(19)17(14)20/h3-8,21H,2,9-10H2,1H3,(H,22,23). The third-order valence-electron chi connectivity index (χ3n) is 3.38. The predicted octanol–water partition coefficient (Wildman–Crippen LogP) is 4.11. The molecule has 0 saturated heterocycles. The number of para-hydroxylation sites is 1. The van der Waals surface area contributed by atoms with E-state index in [1.54, 1.807) is 0 Å². The van der Waals surface area contributed by atoms with Crippen LogP contribution < -0.4 is 10.6 Å². The molecule has 0 saturated carbocycles. The number of amides is 1. The molecule has 0 radical (unpaired) electrons. The van der Waals surface area contributed by atoms with Crippen molar-refractivity contribution in [3.63, 3.8) is 0 Å². The molecule has 0 aromatic heterocycles. The van der Waals surface area contributed by atoms with E-state index in [1.165, 1.54) is 0 Å². The van der Waals surface area contributed by atoms with Crippen LogP contribution in [0.2, 0.25) is 0 Å².